The van der Waals surface area contributed by atoms with Gasteiger partial charge in [-0.1, -0.05) is 18.2 Å². The molecule has 1 aromatic heterocycles. The number of benzene rings is 1. The van der Waals surface area contributed by atoms with Crippen LogP contribution >= 0.6 is 0 Å². The maximum absolute atomic E-state index is 11.6. The molecule has 1 amide bonds. The van der Waals surface area contributed by atoms with E-state index in [0.717, 1.165) is 10.9 Å². The van der Waals surface area contributed by atoms with E-state index in [-0.39, 0.29) is 6.61 Å². The maximum Gasteiger partial charge on any atom is 0.332 e. The van der Waals surface area contributed by atoms with E-state index in [1.807, 2.05) is 24.3 Å². The second-order valence-electron chi connectivity index (χ2n) is 4.39. The summed E-state index contributed by atoms with van der Waals surface area (Å²) in [6.45, 7) is -0.296. The van der Waals surface area contributed by atoms with Gasteiger partial charge in [-0.05, 0) is 6.07 Å². The number of morpholine rings is 1. The molecule has 98 valence electrons. The van der Waals surface area contributed by atoms with Gasteiger partial charge in [-0.25, -0.2) is 4.79 Å². The number of ether oxygens (including phenoxy) is 1. The summed E-state index contributed by atoms with van der Waals surface area (Å²) in [6.07, 6.45) is 0.483. The minimum atomic E-state index is -1.15. The van der Waals surface area contributed by atoms with Gasteiger partial charge in [-0.15, -0.1) is 0 Å². The van der Waals surface area contributed by atoms with E-state index in [4.69, 9.17) is 4.74 Å². The van der Waals surface area contributed by atoms with Crippen LogP contribution in [0.4, 0.5) is 0 Å². The molecule has 3 rings (SSSR count). The van der Waals surface area contributed by atoms with Gasteiger partial charge < -0.3 is 20.1 Å². The van der Waals surface area contributed by atoms with Crippen molar-refractivity contribution in [3.05, 3.63) is 36.0 Å². The summed E-state index contributed by atoms with van der Waals surface area (Å²) in [5, 5.41) is 13.5. The van der Waals surface area contributed by atoms with Crippen LogP contribution in [-0.2, 0) is 14.3 Å². The van der Waals surface area contributed by atoms with Crippen LogP contribution in [0.15, 0.2) is 30.5 Å². The molecule has 6 nitrogen and oxygen atoms in total. The number of amides is 1. The van der Waals surface area contributed by atoms with Crippen LogP contribution in [0.3, 0.4) is 0 Å². The molecule has 1 aromatic carbocycles. The molecular weight excluding hydrogens is 248 g/mol. The van der Waals surface area contributed by atoms with E-state index in [9.17, 15) is 14.7 Å². The number of H-pyrrole nitrogens is 1. The van der Waals surface area contributed by atoms with Crippen LogP contribution in [0.2, 0.25) is 0 Å². The van der Waals surface area contributed by atoms with Crippen LogP contribution < -0.4 is 5.32 Å². The first kappa shape index (κ1) is 11.7. The quantitative estimate of drug-likeness (QED) is 0.675. The van der Waals surface area contributed by atoms with Crippen molar-refractivity contribution in [2.24, 2.45) is 0 Å². The first-order valence-electron chi connectivity index (χ1n) is 5.87. The predicted octanol–water partition coefficient (Wildman–Crippen LogP) is 0.243. The van der Waals surface area contributed by atoms with Crippen LogP contribution in [0.25, 0.3) is 10.9 Å². The Hall–Kier alpha value is -2.34. The van der Waals surface area contributed by atoms with E-state index < -0.39 is 24.0 Å². The van der Waals surface area contributed by atoms with Gasteiger partial charge in [-0.2, -0.15) is 0 Å². The fourth-order valence-electron chi connectivity index (χ4n) is 2.23. The largest absolute Gasteiger partial charge is 0.454 e. The third-order valence-electron chi connectivity index (χ3n) is 3.17. The van der Waals surface area contributed by atoms with Gasteiger partial charge in [0.25, 0.3) is 5.91 Å². The van der Waals surface area contributed by atoms with Crippen molar-refractivity contribution in [3.63, 3.8) is 0 Å². The predicted molar refractivity (Wildman–Crippen MR) is 66.1 cm³/mol. The highest BCUT2D eigenvalue weighted by atomic mass is 16.5. The van der Waals surface area contributed by atoms with Crippen molar-refractivity contribution in [2.75, 3.05) is 6.61 Å². The number of cyclic esters (lactones) is 1. The number of carbonyl (C=O) groups is 2. The highest BCUT2D eigenvalue weighted by Gasteiger charge is 2.35. The lowest BCUT2D eigenvalue weighted by molar-refractivity contribution is -0.161. The van der Waals surface area contributed by atoms with Crippen LogP contribution in [-0.4, -0.2) is 34.6 Å². The lowest BCUT2D eigenvalue weighted by atomic mass is 10.0. The zero-order valence-corrected chi connectivity index (χ0v) is 9.92. The first-order chi connectivity index (χ1) is 9.16. The molecule has 6 heteroatoms. The Balaban J connectivity index is 1.96. The third-order valence-corrected chi connectivity index (χ3v) is 3.17. The van der Waals surface area contributed by atoms with Crippen molar-refractivity contribution in [3.8, 4) is 0 Å². The number of hydrogen-bond acceptors (Lipinski definition) is 4. The third kappa shape index (κ3) is 1.96. The Morgan fingerprint density at radius 3 is 2.95 bits per heavy atom. The normalized spacial score (nSPS) is 21.0. The van der Waals surface area contributed by atoms with Gasteiger partial charge >= 0.3 is 5.97 Å². The summed E-state index contributed by atoms with van der Waals surface area (Å²) in [7, 11) is 0. The summed E-state index contributed by atoms with van der Waals surface area (Å²) < 4.78 is 4.71. The molecule has 0 bridgehead atoms. The van der Waals surface area contributed by atoms with Crippen LogP contribution in [0.5, 0.6) is 0 Å². The number of aliphatic hydroxyl groups excluding tert-OH is 1. The van der Waals surface area contributed by atoms with E-state index >= 15 is 0 Å². The van der Waals surface area contributed by atoms with Gasteiger partial charge in [0, 0.05) is 22.7 Å². The Morgan fingerprint density at radius 2 is 2.11 bits per heavy atom. The number of aromatic nitrogens is 1. The molecule has 0 spiro atoms. The zero-order valence-electron chi connectivity index (χ0n) is 9.92. The standard InChI is InChI=1S/C13H12N2O4/c16-10-6-19-13(18)11(15-10)12(17)8-5-14-9-4-2-1-3-7(8)9/h1-5,11-12,14,17H,6H2,(H,15,16). The summed E-state index contributed by atoms with van der Waals surface area (Å²) in [6, 6.07) is 6.33. The molecule has 0 saturated carbocycles. The number of aliphatic hydroxyl groups is 1. The second kappa shape index (κ2) is 4.40. The molecule has 1 saturated heterocycles. The highest BCUT2D eigenvalue weighted by Crippen LogP contribution is 2.27. The Kier molecular flexibility index (Phi) is 2.72. The fraction of sp³-hybridized carbons (Fsp3) is 0.231. The highest BCUT2D eigenvalue weighted by molar-refractivity contribution is 5.92. The maximum atomic E-state index is 11.6. The Labute approximate surface area is 108 Å². The summed E-state index contributed by atoms with van der Waals surface area (Å²) >= 11 is 0. The van der Waals surface area contributed by atoms with Crippen molar-refractivity contribution in [2.45, 2.75) is 12.1 Å². The van der Waals surface area contributed by atoms with Gasteiger partial charge in [-0.3, -0.25) is 4.79 Å². The molecule has 1 aliphatic heterocycles. The molecule has 2 heterocycles. The number of esters is 1. The smallest absolute Gasteiger partial charge is 0.332 e. The van der Waals surface area contributed by atoms with Crippen LogP contribution in [0, 0.1) is 0 Å². The molecular formula is C13H12N2O4. The minimum absolute atomic E-state index is 0.296. The average molecular weight is 260 g/mol. The number of aromatic amines is 1. The SMILES string of the molecule is O=C1COC(=O)C(C(O)c2c[nH]c3ccccc23)N1. The van der Waals surface area contributed by atoms with E-state index in [1.54, 1.807) is 6.20 Å². The summed E-state index contributed by atoms with van der Waals surface area (Å²) in [4.78, 5) is 25.9. The van der Waals surface area contributed by atoms with E-state index in [1.165, 1.54) is 0 Å². The number of rotatable bonds is 2. The number of fused-ring (bicyclic) bond motifs is 1. The number of nitrogens with one attached hydrogen (secondary N) is 2. The Morgan fingerprint density at radius 1 is 1.32 bits per heavy atom. The number of hydrogen-bond donors (Lipinski definition) is 3. The van der Waals surface area contributed by atoms with Gasteiger partial charge in [0.15, 0.2) is 12.6 Å². The molecule has 19 heavy (non-hydrogen) atoms. The molecule has 2 aromatic rings. The molecule has 2 unspecified atom stereocenters. The van der Waals surface area contributed by atoms with Gasteiger partial charge in [0.05, 0.1) is 0 Å². The number of carbonyl (C=O) groups excluding carboxylic acids is 2. The molecule has 0 aliphatic carbocycles. The van der Waals surface area contributed by atoms with Crippen molar-refractivity contribution in [1.29, 1.82) is 0 Å². The topological polar surface area (TPSA) is 91.4 Å². The monoisotopic (exact) mass is 260 g/mol. The molecule has 0 radical (unpaired) electrons. The minimum Gasteiger partial charge on any atom is -0.454 e. The number of para-hydroxylation sites is 1. The van der Waals surface area contributed by atoms with Crippen molar-refractivity contribution >= 4 is 22.8 Å². The second-order valence-corrected chi connectivity index (χ2v) is 4.39. The average Bonchev–Trinajstić information content (AvgIpc) is 2.84. The Bertz CT molecular complexity index is 649. The van der Waals surface area contributed by atoms with Crippen LogP contribution in [0.1, 0.15) is 11.7 Å². The lowest BCUT2D eigenvalue weighted by Crippen LogP contribution is -2.52. The summed E-state index contributed by atoms with van der Waals surface area (Å²) in [5.41, 5.74) is 1.41. The van der Waals surface area contributed by atoms with Crippen molar-refractivity contribution < 1.29 is 19.4 Å². The molecule has 2 atom stereocenters. The molecule has 1 fully saturated rings. The first-order valence-corrected chi connectivity index (χ1v) is 5.87. The van der Waals surface area contributed by atoms with E-state index in [0.29, 0.717) is 5.56 Å². The fourth-order valence-corrected chi connectivity index (χ4v) is 2.23. The lowest BCUT2D eigenvalue weighted by Gasteiger charge is -2.26. The van der Waals surface area contributed by atoms with Gasteiger partial charge in [0.2, 0.25) is 0 Å². The van der Waals surface area contributed by atoms with Crippen molar-refractivity contribution in [1.82, 2.24) is 10.3 Å². The molecule has 3 N–H and O–H groups in total. The molecule has 1 aliphatic rings. The zero-order chi connectivity index (χ0) is 13.4. The van der Waals surface area contributed by atoms with Gasteiger partial charge in [0.1, 0.15) is 6.10 Å². The van der Waals surface area contributed by atoms with E-state index in [2.05, 4.69) is 10.3 Å². The summed E-state index contributed by atoms with van der Waals surface area (Å²) in [5.74, 6) is -1.04.